The molecule has 0 fully saturated rings. The van der Waals surface area contributed by atoms with Crippen LogP contribution >= 0.6 is 23.2 Å². The summed E-state index contributed by atoms with van der Waals surface area (Å²) >= 11 is 12.2. The summed E-state index contributed by atoms with van der Waals surface area (Å²) in [4.78, 5) is 11.1. The number of esters is 1. The Morgan fingerprint density at radius 3 is 2.33 bits per heavy atom. The fraction of sp³-hybridized carbons (Fsp3) is 0.214. The SMILES string of the molecule is C=CC/C(OC(C)=O)=C(/C)c1c(Cl)cccc1Cl. The third-order valence-corrected chi connectivity index (χ3v) is 2.98. The van der Waals surface area contributed by atoms with Crippen LogP contribution in [0.4, 0.5) is 0 Å². The Labute approximate surface area is 117 Å². The molecule has 0 aromatic heterocycles. The maximum absolute atomic E-state index is 11.1. The third kappa shape index (κ3) is 3.62. The van der Waals surface area contributed by atoms with Gasteiger partial charge in [0.05, 0.1) is 0 Å². The van der Waals surface area contributed by atoms with E-state index < -0.39 is 0 Å². The monoisotopic (exact) mass is 284 g/mol. The molecule has 4 heteroatoms. The minimum Gasteiger partial charge on any atom is -0.431 e. The molecule has 2 nitrogen and oxygen atoms in total. The van der Waals surface area contributed by atoms with Gasteiger partial charge in [-0.2, -0.15) is 0 Å². The quantitative estimate of drug-likeness (QED) is 0.448. The maximum Gasteiger partial charge on any atom is 0.307 e. The third-order valence-electron chi connectivity index (χ3n) is 2.35. The largest absolute Gasteiger partial charge is 0.431 e. The molecule has 0 bridgehead atoms. The zero-order valence-corrected chi connectivity index (χ0v) is 11.8. The number of halogens is 2. The van der Waals surface area contributed by atoms with Crippen LogP contribution in [0.15, 0.2) is 36.6 Å². The van der Waals surface area contributed by atoms with Gasteiger partial charge in [0.2, 0.25) is 0 Å². The summed E-state index contributed by atoms with van der Waals surface area (Å²) < 4.78 is 5.17. The highest BCUT2D eigenvalue weighted by atomic mass is 35.5. The van der Waals surface area contributed by atoms with Gasteiger partial charge in [-0.1, -0.05) is 35.3 Å². The number of allylic oxidation sites excluding steroid dienone is 2. The second kappa shape index (κ2) is 6.62. The van der Waals surface area contributed by atoms with Crippen molar-refractivity contribution >= 4 is 34.7 Å². The number of benzene rings is 1. The average Bonchev–Trinajstić information content (AvgIpc) is 2.27. The van der Waals surface area contributed by atoms with Crippen molar-refractivity contribution in [2.24, 2.45) is 0 Å². The van der Waals surface area contributed by atoms with E-state index in [1.165, 1.54) is 6.92 Å². The van der Waals surface area contributed by atoms with E-state index in [9.17, 15) is 4.79 Å². The van der Waals surface area contributed by atoms with Gasteiger partial charge < -0.3 is 4.74 Å². The number of ether oxygens (including phenoxy) is 1. The van der Waals surface area contributed by atoms with Crippen LogP contribution < -0.4 is 0 Å². The summed E-state index contributed by atoms with van der Waals surface area (Å²) in [6.07, 6.45) is 2.10. The normalized spacial score (nSPS) is 11.8. The summed E-state index contributed by atoms with van der Waals surface area (Å²) in [6, 6.07) is 5.25. The minimum atomic E-state index is -0.380. The first-order valence-corrected chi connectivity index (χ1v) is 6.16. The van der Waals surface area contributed by atoms with Crippen molar-refractivity contribution < 1.29 is 9.53 Å². The van der Waals surface area contributed by atoms with E-state index in [-0.39, 0.29) is 5.97 Å². The lowest BCUT2D eigenvalue weighted by Gasteiger charge is -2.13. The fourth-order valence-corrected chi connectivity index (χ4v) is 2.25. The van der Waals surface area contributed by atoms with Crippen LogP contribution in [0.2, 0.25) is 10.0 Å². The molecule has 0 saturated heterocycles. The van der Waals surface area contributed by atoms with Crippen LogP contribution in [0.25, 0.3) is 5.57 Å². The summed E-state index contributed by atoms with van der Waals surface area (Å²) in [6.45, 7) is 6.80. The van der Waals surface area contributed by atoms with Gasteiger partial charge >= 0.3 is 5.97 Å². The van der Waals surface area contributed by atoms with Gasteiger partial charge in [-0.3, -0.25) is 4.79 Å². The molecule has 0 aliphatic rings. The molecule has 96 valence electrons. The summed E-state index contributed by atoms with van der Waals surface area (Å²) in [5.74, 6) is 0.127. The van der Waals surface area contributed by atoms with E-state index >= 15 is 0 Å². The zero-order valence-electron chi connectivity index (χ0n) is 10.3. The van der Waals surface area contributed by atoms with Crippen LogP contribution in [0, 0.1) is 0 Å². The smallest absolute Gasteiger partial charge is 0.307 e. The Balaban J connectivity index is 3.32. The topological polar surface area (TPSA) is 26.3 Å². The number of carbonyl (C=O) groups excluding carboxylic acids is 1. The van der Waals surface area contributed by atoms with Crippen LogP contribution in [-0.4, -0.2) is 5.97 Å². The van der Waals surface area contributed by atoms with Crippen LogP contribution in [-0.2, 0) is 9.53 Å². The molecule has 0 heterocycles. The van der Waals surface area contributed by atoms with Crippen molar-refractivity contribution in [2.45, 2.75) is 20.3 Å². The molecule has 1 rings (SSSR count). The van der Waals surface area contributed by atoms with E-state index in [1.54, 1.807) is 24.3 Å². The van der Waals surface area contributed by atoms with E-state index in [0.29, 0.717) is 27.8 Å². The Kier molecular flexibility index (Phi) is 5.45. The lowest BCUT2D eigenvalue weighted by Crippen LogP contribution is -2.01. The molecule has 0 radical (unpaired) electrons. The van der Waals surface area contributed by atoms with E-state index in [1.807, 2.05) is 6.92 Å². The molecule has 0 aliphatic carbocycles. The van der Waals surface area contributed by atoms with Gasteiger partial charge in [0.25, 0.3) is 0 Å². The lowest BCUT2D eigenvalue weighted by atomic mass is 10.0. The van der Waals surface area contributed by atoms with Crippen molar-refractivity contribution in [3.8, 4) is 0 Å². The first-order valence-electron chi connectivity index (χ1n) is 5.40. The molecule has 0 unspecified atom stereocenters. The predicted molar refractivity (Wildman–Crippen MR) is 75.6 cm³/mol. The van der Waals surface area contributed by atoms with Gasteiger partial charge in [0, 0.05) is 29.0 Å². The van der Waals surface area contributed by atoms with Crippen molar-refractivity contribution in [3.63, 3.8) is 0 Å². The second-order valence-electron chi connectivity index (χ2n) is 3.73. The maximum atomic E-state index is 11.1. The molecule has 0 N–H and O–H groups in total. The standard InChI is InChI=1S/C14H14Cl2O2/c1-4-6-13(18-10(3)17)9(2)14-11(15)7-5-8-12(14)16/h4-5,7-8H,1,6H2,2-3H3/b13-9+. The van der Waals surface area contributed by atoms with Crippen LogP contribution in [0.5, 0.6) is 0 Å². The number of rotatable bonds is 4. The Bertz CT molecular complexity index is 484. The molecule has 0 aliphatic heterocycles. The molecule has 1 aromatic rings. The van der Waals surface area contributed by atoms with Crippen LogP contribution in [0.3, 0.4) is 0 Å². The average molecular weight is 285 g/mol. The first kappa shape index (κ1) is 14.8. The van der Waals surface area contributed by atoms with Crippen molar-refractivity contribution in [1.82, 2.24) is 0 Å². The van der Waals surface area contributed by atoms with Gasteiger partial charge in [0.1, 0.15) is 5.76 Å². The molecule has 0 amide bonds. The zero-order chi connectivity index (χ0) is 13.7. The molecule has 18 heavy (non-hydrogen) atoms. The Morgan fingerprint density at radius 1 is 1.33 bits per heavy atom. The summed E-state index contributed by atoms with van der Waals surface area (Å²) in [5.41, 5.74) is 1.42. The van der Waals surface area contributed by atoms with Crippen molar-refractivity contribution in [3.05, 3.63) is 52.2 Å². The number of carbonyl (C=O) groups is 1. The highest BCUT2D eigenvalue weighted by Gasteiger charge is 2.13. The number of hydrogen-bond donors (Lipinski definition) is 0. The molecule has 1 aromatic carbocycles. The molecule has 0 atom stereocenters. The van der Waals surface area contributed by atoms with E-state index in [2.05, 4.69) is 6.58 Å². The second-order valence-corrected chi connectivity index (χ2v) is 4.55. The minimum absolute atomic E-state index is 0.380. The van der Waals surface area contributed by atoms with E-state index in [4.69, 9.17) is 27.9 Å². The molecule has 0 spiro atoms. The Morgan fingerprint density at radius 2 is 1.89 bits per heavy atom. The number of hydrogen-bond acceptors (Lipinski definition) is 2. The van der Waals surface area contributed by atoms with Gasteiger partial charge in [-0.25, -0.2) is 0 Å². The van der Waals surface area contributed by atoms with Crippen molar-refractivity contribution in [1.29, 1.82) is 0 Å². The highest BCUT2D eigenvalue weighted by Crippen LogP contribution is 2.33. The Hall–Kier alpha value is -1.25. The fourth-order valence-electron chi connectivity index (χ4n) is 1.57. The summed E-state index contributed by atoms with van der Waals surface area (Å²) in [5, 5.41) is 1.04. The van der Waals surface area contributed by atoms with Gasteiger partial charge in [-0.05, 0) is 24.6 Å². The lowest BCUT2D eigenvalue weighted by molar-refractivity contribution is -0.136. The predicted octanol–water partition coefficient (Wildman–Crippen LogP) is 4.86. The molecular formula is C14H14Cl2O2. The van der Waals surface area contributed by atoms with E-state index in [0.717, 1.165) is 5.57 Å². The van der Waals surface area contributed by atoms with Gasteiger partial charge in [-0.15, -0.1) is 6.58 Å². The highest BCUT2D eigenvalue weighted by molar-refractivity contribution is 6.37. The van der Waals surface area contributed by atoms with Crippen molar-refractivity contribution in [2.75, 3.05) is 0 Å². The van der Waals surface area contributed by atoms with Crippen LogP contribution in [0.1, 0.15) is 25.8 Å². The van der Waals surface area contributed by atoms with Gasteiger partial charge in [0.15, 0.2) is 0 Å². The first-order chi connectivity index (χ1) is 8.47. The molecule has 0 saturated carbocycles. The molecular weight excluding hydrogens is 271 g/mol. The summed E-state index contributed by atoms with van der Waals surface area (Å²) in [7, 11) is 0.